The molecule has 0 aliphatic heterocycles. The molecule has 0 aliphatic rings. The highest BCUT2D eigenvalue weighted by atomic mass is 15.0. The summed E-state index contributed by atoms with van der Waals surface area (Å²) in [5.74, 6) is 0. The van der Waals surface area contributed by atoms with Gasteiger partial charge in [-0.1, -0.05) is 246 Å². The minimum Gasteiger partial charge on any atom is -0.309 e. The van der Waals surface area contributed by atoms with E-state index >= 15 is 0 Å². The highest BCUT2D eigenvalue weighted by Gasteiger charge is 2.24. The number of allylic oxidation sites excluding steroid dienone is 9. The normalized spacial score (nSPS) is 13.3. The van der Waals surface area contributed by atoms with Gasteiger partial charge in [-0.2, -0.15) is 0 Å². The molecule has 7 aromatic rings. The molecule has 338 valence electrons. The smallest absolute Gasteiger partial charge is 0.00241 e. The van der Waals surface area contributed by atoms with E-state index in [0.717, 1.165) is 40.8 Å². The Bertz CT molecular complexity index is 2820. The van der Waals surface area contributed by atoms with Gasteiger partial charge in [-0.25, -0.2) is 0 Å². The summed E-state index contributed by atoms with van der Waals surface area (Å²) < 4.78 is 0. The molecule has 0 radical (unpaired) electrons. The average Bonchev–Trinajstić information content (AvgIpc) is 3.37. The van der Waals surface area contributed by atoms with Gasteiger partial charge < -0.3 is 4.90 Å². The van der Waals surface area contributed by atoms with E-state index in [4.69, 9.17) is 0 Å². The van der Waals surface area contributed by atoms with Gasteiger partial charge in [0, 0.05) is 0 Å². The van der Waals surface area contributed by atoms with Crippen LogP contribution in [0.1, 0.15) is 117 Å². The zero-order chi connectivity index (χ0) is 47.2. The lowest BCUT2D eigenvalue weighted by Gasteiger charge is -2.27. The van der Waals surface area contributed by atoms with Crippen LogP contribution in [-0.4, -0.2) is 25.5 Å². The summed E-state index contributed by atoms with van der Waals surface area (Å²) in [7, 11) is 4.34. The molecular formula is C66H69N. The van der Waals surface area contributed by atoms with Gasteiger partial charge in [0.2, 0.25) is 0 Å². The lowest BCUT2D eigenvalue weighted by atomic mass is 9.78. The highest BCUT2D eigenvalue weighted by Crippen LogP contribution is 2.46. The third kappa shape index (κ3) is 12.0. The molecular weight excluding hydrogens is 807 g/mol. The molecule has 1 nitrogen and oxygen atoms in total. The monoisotopic (exact) mass is 876 g/mol. The number of unbranched alkanes of at least 4 members (excludes halogenated alkanes) is 3. The predicted octanol–water partition coefficient (Wildman–Crippen LogP) is 17.8. The maximum Gasteiger partial charge on any atom is -0.00241 e. The molecule has 0 heterocycles. The van der Waals surface area contributed by atoms with E-state index in [2.05, 4.69) is 260 Å². The molecule has 0 aromatic heterocycles. The van der Waals surface area contributed by atoms with Crippen molar-refractivity contribution in [2.45, 2.75) is 72.1 Å². The Balaban J connectivity index is 1.42. The summed E-state index contributed by atoms with van der Waals surface area (Å²) in [6, 6.07) is 72.9. The lowest BCUT2D eigenvalue weighted by molar-refractivity contribution is 0.383. The summed E-state index contributed by atoms with van der Waals surface area (Å²) >= 11 is 0. The second kappa shape index (κ2) is 23.1. The van der Waals surface area contributed by atoms with Gasteiger partial charge in [0.05, 0.1) is 0 Å². The third-order valence-corrected chi connectivity index (χ3v) is 13.4. The number of benzene rings is 7. The quantitative estimate of drug-likeness (QED) is 0.0444. The van der Waals surface area contributed by atoms with Crippen molar-refractivity contribution in [2.24, 2.45) is 0 Å². The van der Waals surface area contributed by atoms with Gasteiger partial charge in [0.1, 0.15) is 0 Å². The number of hydrogen-bond donors (Lipinski definition) is 0. The molecule has 0 unspecified atom stereocenters. The first-order valence-corrected chi connectivity index (χ1v) is 24.2. The first-order valence-electron chi connectivity index (χ1n) is 24.2. The lowest BCUT2D eigenvalue weighted by Crippen LogP contribution is -2.17. The maximum atomic E-state index is 4.46. The Morgan fingerprint density at radius 3 is 1.21 bits per heavy atom. The number of rotatable bonds is 19. The molecule has 0 bridgehead atoms. The molecule has 67 heavy (non-hydrogen) atoms. The van der Waals surface area contributed by atoms with Crippen LogP contribution < -0.4 is 0 Å². The molecule has 0 atom stereocenters. The van der Waals surface area contributed by atoms with E-state index in [0.29, 0.717) is 0 Å². The van der Waals surface area contributed by atoms with Gasteiger partial charge in [-0.05, 0) is 154 Å². The SMILES string of the molecule is C=C/C(=C(\C(=C(/C)c1ccccc1)c1ccccc1)c1ccc(C(=C(/C)c2ccccc2)/C(=C(\C)c2cccc(C(C)(C)CCCCCCN(C)C)c2)c2ccccc2)cc1)c1ccccc1. The fourth-order valence-electron chi connectivity index (χ4n) is 9.55. The first kappa shape index (κ1) is 48.1. The van der Waals surface area contributed by atoms with Crippen LogP contribution in [0.25, 0.3) is 44.6 Å². The van der Waals surface area contributed by atoms with Crippen LogP contribution >= 0.6 is 0 Å². The fraction of sp³-hybridized carbons (Fsp3) is 0.212. The predicted molar refractivity (Wildman–Crippen MR) is 294 cm³/mol. The molecule has 7 rings (SSSR count). The zero-order valence-electron chi connectivity index (χ0n) is 41.0. The fourth-order valence-corrected chi connectivity index (χ4v) is 9.55. The molecule has 0 aliphatic carbocycles. The van der Waals surface area contributed by atoms with Crippen LogP contribution in [-0.2, 0) is 5.41 Å². The largest absolute Gasteiger partial charge is 0.309 e. The molecule has 0 amide bonds. The topological polar surface area (TPSA) is 3.24 Å². The Morgan fingerprint density at radius 2 is 0.761 bits per heavy atom. The average molecular weight is 876 g/mol. The summed E-state index contributed by atoms with van der Waals surface area (Å²) in [5, 5.41) is 0. The molecule has 0 spiro atoms. The Labute approximate surface area is 403 Å². The van der Waals surface area contributed by atoms with E-state index in [-0.39, 0.29) is 5.41 Å². The van der Waals surface area contributed by atoms with E-state index in [1.165, 1.54) is 92.5 Å². The van der Waals surface area contributed by atoms with Crippen LogP contribution in [0, 0.1) is 0 Å². The van der Waals surface area contributed by atoms with Gasteiger partial charge in [0.15, 0.2) is 0 Å². The van der Waals surface area contributed by atoms with E-state index in [1.54, 1.807) is 0 Å². The van der Waals surface area contributed by atoms with Crippen molar-refractivity contribution in [3.63, 3.8) is 0 Å². The number of hydrogen-bond acceptors (Lipinski definition) is 1. The van der Waals surface area contributed by atoms with Crippen LogP contribution in [0.4, 0.5) is 0 Å². The van der Waals surface area contributed by atoms with Gasteiger partial charge in [0.25, 0.3) is 0 Å². The molecule has 0 saturated heterocycles. The zero-order valence-corrected chi connectivity index (χ0v) is 41.0. The van der Waals surface area contributed by atoms with Crippen molar-refractivity contribution < 1.29 is 0 Å². The van der Waals surface area contributed by atoms with Crippen molar-refractivity contribution in [3.05, 3.63) is 263 Å². The summed E-state index contributed by atoms with van der Waals surface area (Å²) in [6.07, 6.45) is 8.25. The van der Waals surface area contributed by atoms with Crippen LogP contribution in [0.15, 0.2) is 213 Å². The Kier molecular flexibility index (Phi) is 16.6. The Morgan fingerprint density at radius 1 is 0.403 bits per heavy atom. The van der Waals surface area contributed by atoms with E-state index in [9.17, 15) is 0 Å². The third-order valence-electron chi connectivity index (χ3n) is 13.4. The summed E-state index contributed by atoms with van der Waals surface area (Å²) in [6.45, 7) is 17.3. The Hall–Kier alpha value is -6.80. The minimum atomic E-state index is 0.0559. The molecule has 1 heteroatoms. The van der Waals surface area contributed by atoms with Crippen molar-refractivity contribution in [1.29, 1.82) is 0 Å². The summed E-state index contributed by atoms with van der Waals surface area (Å²) in [4.78, 5) is 2.29. The van der Waals surface area contributed by atoms with Crippen molar-refractivity contribution in [3.8, 4) is 0 Å². The highest BCUT2D eigenvalue weighted by molar-refractivity contribution is 6.24. The molecule has 0 fully saturated rings. The van der Waals surface area contributed by atoms with Gasteiger partial charge in [-0.15, -0.1) is 0 Å². The molecule has 0 saturated carbocycles. The van der Waals surface area contributed by atoms with Crippen molar-refractivity contribution in [1.82, 2.24) is 4.90 Å². The second-order valence-electron chi connectivity index (χ2n) is 18.8. The van der Waals surface area contributed by atoms with Crippen molar-refractivity contribution in [2.75, 3.05) is 20.6 Å². The van der Waals surface area contributed by atoms with E-state index < -0.39 is 0 Å². The van der Waals surface area contributed by atoms with Gasteiger partial charge in [-0.3, -0.25) is 0 Å². The summed E-state index contributed by atoms with van der Waals surface area (Å²) in [5.41, 5.74) is 20.4. The van der Waals surface area contributed by atoms with Crippen LogP contribution in [0.2, 0.25) is 0 Å². The molecule has 0 N–H and O–H groups in total. The van der Waals surface area contributed by atoms with Crippen LogP contribution in [0.3, 0.4) is 0 Å². The van der Waals surface area contributed by atoms with Crippen LogP contribution in [0.5, 0.6) is 0 Å². The van der Waals surface area contributed by atoms with Crippen molar-refractivity contribution >= 4 is 44.6 Å². The molecule has 7 aromatic carbocycles. The van der Waals surface area contributed by atoms with Gasteiger partial charge >= 0.3 is 0 Å². The second-order valence-corrected chi connectivity index (χ2v) is 18.8. The maximum absolute atomic E-state index is 4.46. The number of nitrogens with zero attached hydrogens (tertiary/aromatic N) is 1. The van der Waals surface area contributed by atoms with E-state index in [1.807, 2.05) is 6.08 Å². The first-order chi connectivity index (χ1) is 32.6. The standard InChI is InChI=1S/C66H69N/c1-9-61(54-34-21-14-22-35-54)65(64(56-38-25-16-26-39-56)50(3)53-32-19-13-20-33-53)58-44-42-57(43-45-58)62(49(2)52-30-17-12-18-31-52)63(55-36-23-15-24-37-55)51(4)59-40-29-41-60(48-59)66(5,6)46-27-10-11-28-47-67(7)8/h9,12-26,29-45,48H,1,10-11,27-28,46-47H2,2-8H3/b62-49+,63-51+,64-50+,65-61+. The minimum absolute atomic E-state index is 0.0559.